The van der Waals surface area contributed by atoms with Gasteiger partial charge in [-0.3, -0.25) is 14.7 Å². The number of oxazole rings is 1. The number of ketones is 1. The molecule has 1 saturated carbocycles. The molecule has 36 heavy (non-hydrogen) atoms. The molecule has 2 atom stereocenters. The van der Waals surface area contributed by atoms with Crippen LogP contribution in [0.4, 0.5) is 0 Å². The van der Waals surface area contributed by atoms with Crippen LogP contribution in [0, 0.1) is 12.8 Å². The van der Waals surface area contributed by atoms with Crippen LogP contribution in [0.3, 0.4) is 0 Å². The van der Waals surface area contributed by atoms with Crippen molar-refractivity contribution in [3.63, 3.8) is 0 Å². The average Bonchev–Trinajstić information content (AvgIpc) is 3.61. The number of fused-ring (bicyclic) bond motifs is 2. The van der Waals surface area contributed by atoms with Crippen molar-refractivity contribution in [2.24, 2.45) is 5.92 Å². The summed E-state index contributed by atoms with van der Waals surface area (Å²) in [5, 5.41) is 3.20. The highest BCUT2D eigenvalue weighted by Gasteiger charge is 2.34. The van der Waals surface area contributed by atoms with Gasteiger partial charge in [0.25, 0.3) is 5.56 Å². The van der Waals surface area contributed by atoms with Crippen molar-refractivity contribution < 1.29 is 13.9 Å². The van der Waals surface area contributed by atoms with Crippen LogP contribution in [-0.4, -0.2) is 32.5 Å². The first-order valence-electron chi connectivity index (χ1n) is 12.1. The number of nitrogens with zero attached hydrogens (tertiary/aromatic N) is 3. The van der Waals surface area contributed by atoms with Gasteiger partial charge in [-0.05, 0) is 50.8 Å². The van der Waals surface area contributed by atoms with E-state index < -0.39 is 0 Å². The molecule has 6 rings (SSSR count). The van der Waals surface area contributed by atoms with Gasteiger partial charge in [-0.2, -0.15) is 0 Å². The highest BCUT2D eigenvalue weighted by Crippen LogP contribution is 2.42. The number of carbonyl (C=O) groups is 1. The summed E-state index contributed by atoms with van der Waals surface area (Å²) in [6.07, 6.45) is 2.20. The molecule has 8 heteroatoms. The van der Waals surface area contributed by atoms with E-state index in [0.717, 1.165) is 29.7 Å². The predicted octanol–water partition coefficient (Wildman–Crippen LogP) is 5.29. The lowest BCUT2D eigenvalue weighted by atomic mass is 9.96. The van der Waals surface area contributed by atoms with Crippen molar-refractivity contribution in [3.8, 4) is 28.3 Å². The van der Waals surface area contributed by atoms with Gasteiger partial charge in [0.05, 0.1) is 12.8 Å². The molecule has 1 N–H and O–H groups in total. The Hall–Kier alpha value is -4.20. The molecule has 0 bridgehead atoms. The Labute approximate surface area is 206 Å². The lowest BCUT2D eigenvalue weighted by molar-refractivity contribution is -0.120. The quantitative estimate of drug-likeness (QED) is 0.365. The second-order valence-electron chi connectivity index (χ2n) is 9.46. The van der Waals surface area contributed by atoms with Crippen LogP contribution in [0.15, 0.2) is 57.7 Å². The van der Waals surface area contributed by atoms with Crippen molar-refractivity contribution in [1.29, 1.82) is 0 Å². The number of carbonyl (C=O) groups excluding carboxylic acids is 1. The van der Waals surface area contributed by atoms with Crippen LogP contribution in [0.25, 0.3) is 39.3 Å². The zero-order valence-electron chi connectivity index (χ0n) is 20.4. The van der Waals surface area contributed by atoms with Crippen molar-refractivity contribution in [3.05, 3.63) is 70.3 Å². The number of rotatable bonds is 5. The minimum absolute atomic E-state index is 0.0339. The second-order valence-corrected chi connectivity index (χ2v) is 9.46. The van der Waals surface area contributed by atoms with Gasteiger partial charge in [0, 0.05) is 23.1 Å². The first-order valence-corrected chi connectivity index (χ1v) is 12.1. The molecule has 1 fully saturated rings. The Morgan fingerprint density at radius 2 is 1.89 bits per heavy atom. The number of aromatic amines is 1. The summed E-state index contributed by atoms with van der Waals surface area (Å²) in [4.78, 5) is 36.0. The number of nitrogens with one attached hydrogen (secondary N) is 1. The standard InChI is InChI=1S/C28H26N4O4/c1-15-22(17-8-5-4-6-9-17)26-29-24(19-13-12-18(14-19)16(2)33)23(28(34)32(26)31-15)27-30-25-20(35-3)10-7-11-21(25)36-27/h4-11,18-19,31H,12-14H2,1-3H3. The largest absolute Gasteiger partial charge is 0.494 e. The van der Waals surface area contributed by atoms with Crippen LogP contribution in [0.1, 0.15) is 43.5 Å². The van der Waals surface area contributed by atoms with E-state index in [1.54, 1.807) is 26.2 Å². The van der Waals surface area contributed by atoms with E-state index >= 15 is 0 Å². The van der Waals surface area contributed by atoms with Gasteiger partial charge in [0.15, 0.2) is 16.7 Å². The third-order valence-corrected chi connectivity index (χ3v) is 7.26. The summed E-state index contributed by atoms with van der Waals surface area (Å²) in [5.74, 6) is 0.857. The van der Waals surface area contributed by atoms with E-state index in [2.05, 4.69) is 10.1 Å². The number of aryl methyl sites for hydroxylation is 1. The number of methoxy groups -OCH3 is 1. The minimum Gasteiger partial charge on any atom is -0.494 e. The highest BCUT2D eigenvalue weighted by atomic mass is 16.5. The first-order chi connectivity index (χ1) is 17.5. The smallest absolute Gasteiger partial charge is 0.285 e. The molecule has 0 radical (unpaired) electrons. The van der Waals surface area contributed by atoms with Gasteiger partial charge in [0.2, 0.25) is 5.89 Å². The maximum absolute atomic E-state index is 14.0. The summed E-state index contributed by atoms with van der Waals surface area (Å²) in [6.45, 7) is 3.57. The number of H-pyrrole nitrogens is 1. The fourth-order valence-corrected chi connectivity index (χ4v) is 5.44. The summed E-state index contributed by atoms with van der Waals surface area (Å²) in [7, 11) is 1.57. The van der Waals surface area contributed by atoms with E-state index in [9.17, 15) is 9.59 Å². The predicted molar refractivity (Wildman–Crippen MR) is 136 cm³/mol. The van der Waals surface area contributed by atoms with Gasteiger partial charge in [0.1, 0.15) is 17.1 Å². The summed E-state index contributed by atoms with van der Waals surface area (Å²) in [6, 6.07) is 15.3. The SMILES string of the molecule is COc1cccc2oc(-c3c(C4CCC(C(C)=O)C4)nc4c(-c5ccccc5)c(C)[nH]n4c3=O)nc12. The Morgan fingerprint density at radius 1 is 1.08 bits per heavy atom. The third-order valence-electron chi connectivity index (χ3n) is 7.26. The number of hydrogen-bond acceptors (Lipinski definition) is 6. The molecule has 1 aliphatic rings. The molecule has 2 aromatic carbocycles. The van der Waals surface area contributed by atoms with Crippen LogP contribution in [0.5, 0.6) is 5.75 Å². The van der Waals surface area contributed by atoms with E-state index in [4.69, 9.17) is 14.1 Å². The highest BCUT2D eigenvalue weighted by molar-refractivity contribution is 5.84. The van der Waals surface area contributed by atoms with Crippen molar-refractivity contribution in [2.75, 3.05) is 7.11 Å². The topological polar surface area (TPSA) is 102 Å². The Bertz CT molecular complexity index is 1680. The van der Waals surface area contributed by atoms with Crippen molar-refractivity contribution >= 4 is 22.5 Å². The van der Waals surface area contributed by atoms with Crippen LogP contribution in [-0.2, 0) is 4.79 Å². The van der Waals surface area contributed by atoms with Crippen LogP contribution in [0.2, 0.25) is 0 Å². The molecule has 1 aliphatic carbocycles. The molecular weight excluding hydrogens is 456 g/mol. The van der Waals surface area contributed by atoms with E-state index in [-0.39, 0.29) is 29.1 Å². The Kier molecular flexibility index (Phi) is 5.25. The second kappa shape index (κ2) is 8.48. The van der Waals surface area contributed by atoms with E-state index in [0.29, 0.717) is 40.2 Å². The first kappa shape index (κ1) is 22.3. The fourth-order valence-electron chi connectivity index (χ4n) is 5.44. The third kappa shape index (κ3) is 3.44. The van der Waals surface area contributed by atoms with Gasteiger partial charge < -0.3 is 9.15 Å². The molecule has 3 heterocycles. The molecule has 0 amide bonds. The number of ether oxygens (including phenoxy) is 1. The minimum atomic E-state index is -0.280. The van der Waals surface area contributed by atoms with Crippen molar-refractivity contribution in [1.82, 2.24) is 19.6 Å². The number of benzene rings is 2. The van der Waals surface area contributed by atoms with Gasteiger partial charge in [-0.1, -0.05) is 36.4 Å². The molecule has 3 aromatic heterocycles. The number of Topliss-reactive ketones (excluding diaryl/α,β-unsaturated/α-hetero) is 1. The number of para-hydroxylation sites is 1. The van der Waals surface area contributed by atoms with Crippen LogP contribution < -0.4 is 10.3 Å². The maximum Gasteiger partial charge on any atom is 0.285 e. The summed E-state index contributed by atoms with van der Waals surface area (Å²) < 4.78 is 13.0. The molecule has 0 saturated heterocycles. The van der Waals surface area contributed by atoms with Crippen molar-refractivity contribution in [2.45, 2.75) is 39.0 Å². The molecular formula is C28H26N4O4. The average molecular weight is 483 g/mol. The molecule has 2 unspecified atom stereocenters. The maximum atomic E-state index is 14.0. The molecule has 182 valence electrons. The Morgan fingerprint density at radius 3 is 2.61 bits per heavy atom. The Balaban J connectivity index is 1.63. The number of aromatic nitrogens is 4. The lowest BCUT2D eigenvalue weighted by Crippen LogP contribution is -2.21. The molecule has 0 aliphatic heterocycles. The molecule has 8 nitrogen and oxygen atoms in total. The van der Waals surface area contributed by atoms with Crippen LogP contribution >= 0.6 is 0 Å². The van der Waals surface area contributed by atoms with Gasteiger partial charge in [-0.15, -0.1) is 0 Å². The fraction of sp³-hybridized carbons (Fsp3) is 0.286. The molecule has 0 spiro atoms. The van der Waals surface area contributed by atoms with Gasteiger partial charge in [-0.25, -0.2) is 14.5 Å². The summed E-state index contributed by atoms with van der Waals surface area (Å²) >= 11 is 0. The van der Waals surface area contributed by atoms with E-state index in [1.807, 2.05) is 43.3 Å². The van der Waals surface area contributed by atoms with Gasteiger partial charge >= 0.3 is 0 Å². The summed E-state index contributed by atoms with van der Waals surface area (Å²) in [5.41, 5.74) is 4.98. The lowest BCUT2D eigenvalue weighted by Gasteiger charge is -2.13. The monoisotopic (exact) mass is 482 g/mol. The van der Waals surface area contributed by atoms with E-state index in [1.165, 1.54) is 4.52 Å². The zero-order valence-corrected chi connectivity index (χ0v) is 20.4. The number of hydrogen-bond donors (Lipinski definition) is 1. The normalized spacial score (nSPS) is 17.8. The zero-order chi connectivity index (χ0) is 25.0. The molecule has 5 aromatic rings.